The second kappa shape index (κ2) is 9.04. The molecule has 1 N–H and O–H groups in total. The van der Waals surface area contributed by atoms with E-state index in [1.54, 1.807) is 0 Å². The molecule has 0 spiro atoms. The highest BCUT2D eigenvalue weighted by atomic mass is 16.5. The predicted octanol–water partition coefficient (Wildman–Crippen LogP) is 4.66. The maximum atomic E-state index is 11.5. The Hall–Kier alpha value is -2.82. The van der Waals surface area contributed by atoms with Crippen molar-refractivity contribution in [3.05, 3.63) is 53.6 Å². The third kappa shape index (κ3) is 5.92. The third-order valence-corrected chi connectivity index (χ3v) is 3.69. The molecule has 0 fully saturated rings. The lowest BCUT2D eigenvalue weighted by Crippen LogP contribution is -2.08. The fourth-order valence-electron chi connectivity index (χ4n) is 2.43. The van der Waals surface area contributed by atoms with Crippen LogP contribution in [0.25, 0.3) is 0 Å². The number of anilines is 1. The number of rotatable bonds is 6. The monoisotopic (exact) mass is 354 g/mol. The summed E-state index contributed by atoms with van der Waals surface area (Å²) >= 11 is 0. The molecule has 0 unspecified atom stereocenters. The number of hydrogen-bond acceptors (Lipinski definition) is 4. The number of benzene rings is 2. The van der Waals surface area contributed by atoms with Crippen molar-refractivity contribution < 1.29 is 14.3 Å². The molecule has 0 aliphatic carbocycles. The van der Waals surface area contributed by atoms with Crippen LogP contribution in [0.5, 0.6) is 5.75 Å². The van der Waals surface area contributed by atoms with Gasteiger partial charge in [-0.2, -0.15) is 0 Å². The van der Waals surface area contributed by atoms with E-state index in [0.29, 0.717) is 0 Å². The maximum Gasteiger partial charge on any atom is 0.309 e. The Labute approximate surface area is 155 Å². The topological polar surface area (TPSA) is 59.9 Å². The predicted molar refractivity (Wildman–Crippen MR) is 105 cm³/mol. The molecule has 0 bridgehead atoms. The lowest BCUT2D eigenvalue weighted by Gasteiger charge is -2.11. The minimum Gasteiger partial charge on any atom is -0.491 e. The van der Waals surface area contributed by atoms with Crippen molar-refractivity contribution >= 4 is 23.2 Å². The molecule has 2 rings (SSSR count). The van der Waals surface area contributed by atoms with Gasteiger partial charge in [0.15, 0.2) is 0 Å². The summed E-state index contributed by atoms with van der Waals surface area (Å²) in [6.45, 7) is 7.90. The number of methoxy groups -OCH3 is 1. The Morgan fingerprint density at radius 2 is 1.85 bits per heavy atom. The van der Waals surface area contributed by atoms with Gasteiger partial charge in [-0.3, -0.25) is 4.79 Å². The highest BCUT2D eigenvalue weighted by Gasteiger charge is 2.06. The Morgan fingerprint density at radius 1 is 1.15 bits per heavy atom. The van der Waals surface area contributed by atoms with Crippen LogP contribution in [0.15, 0.2) is 47.5 Å². The van der Waals surface area contributed by atoms with Crippen molar-refractivity contribution in [2.24, 2.45) is 4.99 Å². The largest absolute Gasteiger partial charge is 0.491 e. The van der Waals surface area contributed by atoms with Crippen LogP contribution in [-0.4, -0.2) is 25.0 Å². The Kier molecular flexibility index (Phi) is 6.78. The zero-order valence-electron chi connectivity index (χ0n) is 16.0. The minimum atomic E-state index is -0.262. The van der Waals surface area contributed by atoms with E-state index in [9.17, 15) is 4.79 Å². The number of aliphatic imine (C=N–C) groups is 1. The molecule has 26 heavy (non-hydrogen) atoms. The first-order chi connectivity index (χ1) is 12.4. The molecule has 5 heteroatoms. The SMILES string of the molecule is COC(=O)Cc1ccc(C)c(N=C(C)Nc2ccc(OC(C)C)cc2)c1. The summed E-state index contributed by atoms with van der Waals surface area (Å²) in [6.07, 6.45) is 0.389. The number of carbonyl (C=O) groups excluding carboxylic acids is 1. The first-order valence-corrected chi connectivity index (χ1v) is 8.62. The molecule has 0 aliphatic rings. The Morgan fingerprint density at radius 3 is 2.46 bits per heavy atom. The van der Waals surface area contributed by atoms with Crippen LogP contribution in [-0.2, 0) is 16.0 Å². The van der Waals surface area contributed by atoms with Crippen LogP contribution >= 0.6 is 0 Å². The standard InChI is InChI=1S/C21H26N2O3/c1-14(2)26-19-10-8-18(9-11-19)22-16(4)23-20-12-17(7-6-15(20)3)13-21(24)25-5/h6-12,14H,13H2,1-5H3,(H,22,23). The highest BCUT2D eigenvalue weighted by Crippen LogP contribution is 2.22. The average molecular weight is 354 g/mol. The lowest BCUT2D eigenvalue weighted by molar-refractivity contribution is -0.139. The van der Waals surface area contributed by atoms with E-state index in [-0.39, 0.29) is 18.5 Å². The Balaban J connectivity index is 2.11. The van der Waals surface area contributed by atoms with Gasteiger partial charge in [0.2, 0.25) is 0 Å². The summed E-state index contributed by atoms with van der Waals surface area (Å²) in [5.41, 5.74) is 3.69. The molecule has 0 heterocycles. The van der Waals surface area contributed by atoms with Gasteiger partial charge in [-0.1, -0.05) is 12.1 Å². The Bertz CT molecular complexity index is 780. The van der Waals surface area contributed by atoms with Crippen LogP contribution in [0.4, 0.5) is 11.4 Å². The van der Waals surface area contributed by atoms with Crippen LogP contribution in [0.1, 0.15) is 31.9 Å². The molecule has 0 saturated heterocycles. The summed E-state index contributed by atoms with van der Waals surface area (Å²) in [6, 6.07) is 13.6. The van der Waals surface area contributed by atoms with E-state index in [1.807, 2.05) is 70.2 Å². The number of ether oxygens (including phenoxy) is 2. The van der Waals surface area contributed by atoms with Crippen LogP contribution in [0.3, 0.4) is 0 Å². The second-order valence-electron chi connectivity index (χ2n) is 6.39. The molecule has 138 valence electrons. The van der Waals surface area contributed by atoms with Gasteiger partial charge in [0.05, 0.1) is 25.3 Å². The third-order valence-electron chi connectivity index (χ3n) is 3.69. The van der Waals surface area contributed by atoms with Gasteiger partial charge in [0.1, 0.15) is 11.6 Å². The van der Waals surface area contributed by atoms with Crippen LogP contribution in [0, 0.1) is 6.92 Å². The number of carbonyl (C=O) groups is 1. The number of nitrogens with one attached hydrogen (secondary N) is 1. The van der Waals surface area contributed by atoms with Crippen LogP contribution in [0.2, 0.25) is 0 Å². The summed E-state index contributed by atoms with van der Waals surface area (Å²) in [5, 5.41) is 3.27. The van der Waals surface area contributed by atoms with E-state index >= 15 is 0 Å². The molecular formula is C21H26N2O3. The minimum absolute atomic E-state index is 0.150. The van der Waals surface area contributed by atoms with Gasteiger partial charge in [-0.05, 0) is 69.2 Å². The van der Waals surface area contributed by atoms with Crippen molar-refractivity contribution in [3.63, 3.8) is 0 Å². The van der Waals surface area contributed by atoms with Crippen molar-refractivity contribution in [2.75, 3.05) is 12.4 Å². The van der Waals surface area contributed by atoms with Gasteiger partial charge in [-0.15, -0.1) is 0 Å². The van der Waals surface area contributed by atoms with E-state index in [4.69, 9.17) is 9.47 Å². The zero-order chi connectivity index (χ0) is 19.1. The van der Waals surface area contributed by atoms with Gasteiger partial charge in [0, 0.05) is 5.69 Å². The number of hydrogen-bond donors (Lipinski definition) is 1. The van der Waals surface area contributed by atoms with Gasteiger partial charge >= 0.3 is 5.97 Å². The van der Waals surface area contributed by atoms with E-state index in [1.165, 1.54) is 7.11 Å². The van der Waals surface area contributed by atoms with Gasteiger partial charge in [0.25, 0.3) is 0 Å². The molecule has 0 radical (unpaired) electrons. The number of amidine groups is 1. The molecule has 2 aromatic carbocycles. The fourth-order valence-corrected chi connectivity index (χ4v) is 2.43. The average Bonchev–Trinajstić information content (AvgIpc) is 2.59. The molecule has 0 aliphatic heterocycles. The lowest BCUT2D eigenvalue weighted by atomic mass is 10.1. The normalized spacial score (nSPS) is 11.4. The van der Waals surface area contributed by atoms with E-state index < -0.39 is 0 Å². The van der Waals surface area contributed by atoms with E-state index in [2.05, 4.69) is 10.3 Å². The molecule has 2 aromatic rings. The zero-order valence-corrected chi connectivity index (χ0v) is 16.0. The summed E-state index contributed by atoms with van der Waals surface area (Å²) in [4.78, 5) is 16.1. The molecule has 5 nitrogen and oxygen atoms in total. The van der Waals surface area contributed by atoms with Gasteiger partial charge < -0.3 is 14.8 Å². The smallest absolute Gasteiger partial charge is 0.309 e. The first-order valence-electron chi connectivity index (χ1n) is 8.62. The molecular weight excluding hydrogens is 328 g/mol. The maximum absolute atomic E-state index is 11.5. The molecule has 0 atom stereocenters. The quantitative estimate of drug-likeness (QED) is 0.466. The van der Waals surface area contributed by atoms with Crippen molar-refractivity contribution in [2.45, 2.75) is 40.2 Å². The molecule has 0 amide bonds. The summed E-state index contributed by atoms with van der Waals surface area (Å²) < 4.78 is 10.4. The summed E-state index contributed by atoms with van der Waals surface area (Å²) in [5.74, 6) is 1.34. The van der Waals surface area contributed by atoms with Crippen molar-refractivity contribution in [1.29, 1.82) is 0 Å². The number of aryl methyl sites for hydroxylation is 1. The van der Waals surface area contributed by atoms with Gasteiger partial charge in [-0.25, -0.2) is 4.99 Å². The summed E-state index contributed by atoms with van der Waals surface area (Å²) in [7, 11) is 1.39. The number of nitrogens with zero attached hydrogens (tertiary/aromatic N) is 1. The number of esters is 1. The molecule has 0 saturated carbocycles. The second-order valence-corrected chi connectivity index (χ2v) is 6.39. The van der Waals surface area contributed by atoms with Crippen LogP contribution < -0.4 is 10.1 Å². The van der Waals surface area contributed by atoms with Crippen molar-refractivity contribution in [3.8, 4) is 5.75 Å². The first kappa shape index (κ1) is 19.5. The van der Waals surface area contributed by atoms with E-state index in [0.717, 1.165) is 34.1 Å². The van der Waals surface area contributed by atoms with Crippen molar-refractivity contribution in [1.82, 2.24) is 0 Å². The molecule has 0 aromatic heterocycles. The highest BCUT2D eigenvalue weighted by molar-refractivity contribution is 5.95. The fraction of sp³-hybridized carbons (Fsp3) is 0.333.